The lowest BCUT2D eigenvalue weighted by molar-refractivity contribution is -0.143. The van der Waals surface area contributed by atoms with Crippen molar-refractivity contribution in [3.05, 3.63) is 261 Å². The van der Waals surface area contributed by atoms with E-state index in [1.165, 1.54) is 0 Å². The van der Waals surface area contributed by atoms with E-state index in [0.29, 0.717) is 28.1 Å². The highest BCUT2D eigenvalue weighted by Crippen LogP contribution is 2.47. The van der Waals surface area contributed by atoms with Crippen molar-refractivity contribution in [2.45, 2.75) is 67.7 Å². The van der Waals surface area contributed by atoms with Crippen LogP contribution in [0.25, 0.3) is 122 Å². The minimum Gasteiger partial charge on any atom is -0.309 e. The second kappa shape index (κ2) is 20.7. The maximum absolute atomic E-state index is 14.8. The fourth-order valence-electron chi connectivity index (χ4n) is 13.1. The van der Waals surface area contributed by atoms with Gasteiger partial charge in [0, 0.05) is 32.7 Å². The zero-order valence-electron chi connectivity index (χ0n) is 48.7. The lowest BCUT2D eigenvalue weighted by Gasteiger charge is -2.21. The Kier molecular flexibility index (Phi) is 13.3. The maximum Gasteiger partial charge on any atom is 0.416 e. The van der Waals surface area contributed by atoms with Crippen molar-refractivity contribution in [2.24, 2.45) is 0 Å². The first-order chi connectivity index (χ1) is 41.0. The van der Waals surface area contributed by atoms with Crippen molar-refractivity contribution >= 4 is 43.6 Å². The molecule has 0 atom stereocenters. The summed E-state index contributed by atoms with van der Waals surface area (Å²) >= 11 is 0. The molecule has 0 fully saturated rings. The number of aromatic nitrogens is 2. The van der Waals surface area contributed by atoms with E-state index in [4.69, 9.17) is 0 Å². The molecule has 0 amide bonds. The minimum atomic E-state index is -5.09. The molecule has 11 aromatic carbocycles. The van der Waals surface area contributed by atoms with Crippen LogP contribution >= 0.6 is 0 Å². The van der Waals surface area contributed by atoms with Crippen LogP contribution in [0.3, 0.4) is 0 Å². The number of alkyl halides is 6. The number of nitrogens with zero attached hydrogens (tertiary/aromatic N) is 3. The van der Waals surface area contributed by atoms with Crippen LogP contribution in [0.5, 0.6) is 0 Å². The number of halogens is 6. The first-order valence-corrected chi connectivity index (χ1v) is 28.5. The van der Waals surface area contributed by atoms with Crippen molar-refractivity contribution in [1.82, 2.24) is 9.13 Å². The highest BCUT2D eigenvalue weighted by Gasteiger charge is 2.37. The Hall–Kier alpha value is -9.91. The molecule has 2 heterocycles. The monoisotopic (exact) mass is 1140 g/mol. The zero-order valence-corrected chi connectivity index (χ0v) is 48.7. The van der Waals surface area contributed by atoms with E-state index >= 15 is 0 Å². The summed E-state index contributed by atoms with van der Waals surface area (Å²) in [7, 11) is 0. The second-order valence-corrected chi connectivity index (χ2v) is 23.5. The van der Waals surface area contributed by atoms with E-state index in [-0.39, 0.29) is 17.2 Å². The van der Waals surface area contributed by atoms with Crippen LogP contribution in [-0.2, 0) is 12.4 Å². The molecule has 0 saturated heterocycles. The molecular weight excluding hydrogens is 1080 g/mol. The number of benzene rings is 11. The van der Waals surface area contributed by atoms with E-state index in [1.54, 1.807) is 30.3 Å². The van der Waals surface area contributed by atoms with Crippen LogP contribution in [0.4, 0.5) is 26.3 Å². The van der Waals surface area contributed by atoms with Gasteiger partial charge in [0.1, 0.15) is 0 Å². The molecule has 2 aromatic heterocycles. The topological polar surface area (TPSA) is 33.6 Å². The van der Waals surface area contributed by atoms with Gasteiger partial charge in [-0.05, 0) is 208 Å². The lowest BCUT2D eigenvalue weighted by atomic mass is 9.93. The standard InChI is InChI=1S/C77H57F6N3/c1-43-21-44(2)26-57(25-43)52-10-16-72-66(36-52)67-37-53(58-27-45(3)22-46(4)28-58)11-17-73(67)85(72)70-15-9-51(42-84)33-64(70)65-40-56(61-34-62(76(78,79)80)41-63(35-61)77(81,82)83)14-20-71(65)86-74-18-12-54(59-29-47(5)23-48(6)30-59)38-68(74)69-39-55(13-19-75(69)86)60-31-49(7)24-50(8)32-60/h9-41H,1-8H3. The van der Waals surface area contributed by atoms with Crippen molar-refractivity contribution < 1.29 is 26.3 Å². The molecule has 422 valence electrons. The maximum atomic E-state index is 14.8. The molecule has 13 aromatic rings. The summed E-state index contributed by atoms with van der Waals surface area (Å²) in [5.41, 5.74) is 20.1. The summed E-state index contributed by atoms with van der Waals surface area (Å²) in [5.74, 6) is 0. The normalized spacial score (nSPS) is 12.1. The Morgan fingerprint density at radius 1 is 0.279 bits per heavy atom. The van der Waals surface area contributed by atoms with Crippen LogP contribution in [0, 0.1) is 66.7 Å². The van der Waals surface area contributed by atoms with Gasteiger partial charge in [0.15, 0.2) is 0 Å². The fourth-order valence-corrected chi connectivity index (χ4v) is 13.1. The molecule has 0 unspecified atom stereocenters. The Labute approximate surface area is 495 Å². The van der Waals surface area contributed by atoms with E-state index in [1.807, 2.05) is 6.07 Å². The number of hydrogen-bond donors (Lipinski definition) is 0. The predicted octanol–water partition coefficient (Wildman–Crippen LogP) is 22.3. The summed E-state index contributed by atoms with van der Waals surface area (Å²) in [6.45, 7) is 16.6. The van der Waals surface area contributed by atoms with Gasteiger partial charge < -0.3 is 9.13 Å². The van der Waals surface area contributed by atoms with Gasteiger partial charge in [-0.25, -0.2) is 0 Å². The molecule has 0 spiro atoms. The van der Waals surface area contributed by atoms with E-state index in [9.17, 15) is 31.6 Å². The smallest absolute Gasteiger partial charge is 0.309 e. The van der Waals surface area contributed by atoms with Gasteiger partial charge in [0.2, 0.25) is 0 Å². The molecule has 0 aliphatic carbocycles. The van der Waals surface area contributed by atoms with Crippen LogP contribution in [0.1, 0.15) is 61.2 Å². The number of nitriles is 1. The molecule has 0 radical (unpaired) electrons. The van der Waals surface area contributed by atoms with Gasteiger partial charge in [0.25, 0.3) is 0 Å². The molecule has 13 rings (SSSR count). The van der Waals surface area contributed by atoms with Crippen LogP contribution < -0.4 is 0 Å². The van der Waals surface area contributed by atoms with Gasteiger partial charge >= 0.3 is 12.4 Å². The van der Waals surface area contributed by atoms with Crippen molar-refractivity contribution in [1.29, 1.82) is 5.26 Å². The Morgan fingerprint density at radius 3 is 0.849 bits per heavy atom. The van der Waals surface area contributed by atoms with Crippen molar-refractivity contribution in [2.75, 3.05) is 0 Å². The molecule has 9 heteroatoms. The fraction of sp³-hybridized carbons (Fsp3) is 0.130. The molecule has 0 aliphatic heterocycles. The molecule has 0 aliphatic rings. The predicted molar refractivity (Wildman–Crippen MR) is 340 cm³/mol. The summed E-state index contributed by atoms with van der Waals surface area (Å²) in [5, 5.41) is 14.6. The third kappa shape index (κ3) is 10.1. The number of rotatable bonds is 8. The average Bonchev–Trinajstić information content (AvgIpc) is 1.61. The van der Waals surface area contributed by atoms with Gasteiger partial charge in [0.05, 0.1) is 56.2 Å². The SMILES string of the molecule is Cc1cc(C)cc(-c2ccc3c(c2)c2cc(-c4cc(C)cc(C)c4)ccc2n3-c2ccc(C#N)cc2-c2cc(-c3cc(C(F)(F)F)cc(C(F)(F)F)c3)ccc2-n2c3ccc(-c4cc(C)cc(C)c4)cc3c3cc(-c4cc(C)cc(C)c4)ccc32)c1. The number of fused-ring (bicyclic) bond motifs is 6. The largest absolute Gasteiger partial charge is 0.416 e. The molecular formula is C77H57F6N3. The highest BCUT2D eigenvalue weighted by atomic mass is 19.4. The summed E-state index contributed by atoms with van der Waals surface area (Å²) < 4.78 is 92.8. The average molecular weight is 1140 g/mol. The van der Waals surface area contributed by atoms with Crippen LogP contribution in [0.2, 0.25) is 0 Å². The summed E-state index contributed by atoms with van der Waals surface area (Å²) in [4.78, 5) is 0. The summed E-state index contributed by atoms with van der Waals surface area (Å²) in [6.07, 6.45) is -10.2. The summed E-state index contributed by atoms with van der Waals surface area (Å²) in [6, 6.07) is 66.0. The number of aryl methyl sites for hydroxylation is 8. The van der Waals surface area contributed by atoms with Crippen molar-refractivity contribution in [3.8, 4) is 84.2 Å². The molecule has 3 nitrogen and oxygen atoms in total. The molecule has 0 saturated carbocycles. The van der Waals surface area contributed by atoms with E-state index in [2.05, 4.69) is 216 Å². The molecule has 0 bridgehead atoms. The van der Waals surface area contributed by atoms with Gasteiger partial charge in [-0.15, -0.1) is 0 Å². The Balaban J connectivity index is 1.14. The van der Waals surface area contributed by atoms with Crippen LogP contribution in [-0.4, -0.2) is 9.13 Å². The zero-order chi connectivity index (χ0) is 60.2. The van der Waals surface area contributed by atoms with Gasteiger partial charge in [-0.2, -0.15) is 31.6 Å². The highest BCUT2D eigenvalue weighted by molar-refractivity contribution is 6.14. The third-order valence-electron chi connectivity index (χ3n) is 16.6. The van der Waals surface area contributed by atoms with Crippen LogP contribution in [0.15, 0.2) is 200 Å². The van der Waals surface area contributed by atoms with E-state index in [0.717, 1.165) is 145 Å². The minimum absolute atomic E-state index is 0.113. The van der Waals surface area contributed by atoms with Gasteiger partial charge in [-0.1, -0.05) is 148 Å². The first-order valence-electron chi connectivity index (χ1n) is 28.5. The van der Waals surface area contributed by atoms with Gasteiger partial charge in [-0.3, -0.25) is 0 Å². The Morgan fingerprint density at radius 2 is 0.547 bits per heavy atom. The van der Waals surface area contributed by atoms with E-state index < -0.39 is 23.5 Å². The lowest BCUT2D eigenvalue weighted by Crippen LogP contribution is -2.11. The van der Waals surface area contributed by atoms with Crippen molar-refractivity contribution in [3.63, 3.8) is 0 Å². The quantitative estimate of drug-likeness (QED) is 0.140. The molecule has 0 N–H and O–H groups in total. The third-order valence-corrected chi connectivity index (χ3v) is 16.6. The number of hydrogen-bond acceptors (Lipinski definition) is 1. The molecule has 86 heavy (non-hydrogen) atoms. The second-order valence-electron chi connectivity index (χ2n) is 23.5. The first kappa shape index (κ1) is 55.3. The Bertz CT molecular complexity index is 4690.